The summed E-state index contributed by atoms with van der Waals surface area (Å²) in [4.78, 5) is 32.6. The van der Waals surface area contributed by atoms with Crippen LogP contribution in [0.2, 0.25) is 0 Å². The lowest BCUT2D eigenvalue weighted by Crippen LogP contribution is -2.32. The average molecular weight is 342 g/mol. The zero-order chi connectivity index (χ0) is 17.4. The predicted octanol–water partition coefficient (Wildman–Crippen LogP) is 1.67. The summed E-state index contributed by atoms with van der Waals surface area (Å²) in [6.45, 7) is 1.58. The predicted molar refractivity (Wildman–Crippen MR) is 85.6 cm³/mol. The number of rotatable bonds is 9. The van der Waals surface area contributed by atoms with Crippen LogP contribution in [0.15, 0.2) is 18.2 Å². The summed E-state index contributed by atoms with van der Waals surface area (Å²) in [5.74, 6) is -1.13. The normalized spacial score (nSPS) is 11.6. The number of ether oxygens (including phenoxy) is 1. The van der Waals surface area contributed by atoms with Crippen LogP contribution in [0.3, 0.4) is 0 Å². The number of hydrogen-bond acceptors (Lipinski definition) is 6. The molecule has 0 aliphatic rings. The minimum absolute atomic E-state index is 0.0722. The van der Waals surface area contributed by atoms with Gasteiger partial charge in [0.1, 0.15) is 0 Å². The van der Waals surface area contributed by atoms with Crippen molar-refractivity contribution in [2.75, 3.05) is 19.4 Å². The first-order valence-corrected chi connectivity index (χ1v) is 7.89. The maximum atomic E-state index is 11.6. The number of methoxy groups -OCH3 is 1. The molecule has 0 spiro atoms. The second kappa shape index (κ2) is 8.99. The number of carboxylic acids is 1. The Balaban J connectivity index is 2.47. The van der Waals surface area contributed by atoms with E-state index in [1.54, 1.807) is 6.07 Å². The number of thioether (sulfide) groups is 1. The van der Waals surface area contributed by atoms with Crippen LogP contribution in [0.5, 0.6) is 5.75 Å². The van der Waals surface area contributed by atoms with Crippen molar-refractivity contribution in [1.82, 2.24) is 5.32 Å². The number of carbonyl (C=O) groups excluding carboxylic acids is 1. The van der Waals surface area contributed by atoms with E-state index in [9.17, 15) is 19.7 Å². The fraction of sp³-hybridized carbons (Fsp3) is 0.429. The van der Waals surface area contributed by atoms with E-state index in [4.69, 9.17) is 9.84 Å². The molecule has 1 aromatic carbocycles. The van der Waals surface area contributed by atoms with Crippen LogP contribution in [0.1, 0.15) is 12.5 Å². The Kier molecular flexibility index (Phi) is 7.33. The maximum Gasteiger partial charge on any atom is 0.311 e. The molecule has 0 radical (unpaired) electrons. The van der Waals surface area contributed by atoms with E-state index in [0.29, 0.717) is 11.3 Å². The molecule has 0 aromatic heterocycles. The number of hydrogen-bond donors (Lipinski definition) is 2. The van der Waals surface area contributed by atoms with Gasteiger partial charge >= 0.3 is 11.7 Å². The number of nitrogens with zero attached hydrogens (tertiary/aromatic N) is 1. The molecule has 0 saturated heterocycles. The van der Waals surface area contributed by atoms with Crippen LogP contribution in [-0.4, -0.2) is 41.3 Å². The molecule has 2 N–H and O–H groups in total. The van der Waals surface area contributed by atoms with E-state index in [0.717, 1.165) is 0 Å². The van der Waals surface area contributed by atoms with Gasteiger partial charge in [0.2, 0.25) is 5.91 Å². The van der Waals surface area contributed by atoms with Crippen LogP contribution in [0.25, 0.3) is 0 Å². The first kappa shape index (κ1) is 18.8. The Morgan fingerprint density at radius 1 is 1.48 bits per heavy atom. The Morgan fingerprint density at radius 2 is 2.17 bits per heavy atom. The summed E-state index contributed by atoms with van der Waals surface area (Å²) in [6, 6.07) is 4.63. The van der Waals surface area contributed by atoms with Crippen molar-refractivity contribution in [3.8, 4) is 5.75 Å². The van der Waals surface area contributed by atoms with E-state index < -0.39 is 16.8 Å². The zero-order valence-electron chi connectivity index (χ0n) is 12.8. The quantitative estimate of drug-likeness (QED) is 0.517. The standard InChI is InChI=1S/C14H18N2O6S/c1-9(14(18)19)6-15-13(17)8-23-7-10-3-4-12(22-2)11(5-10)16(20)21/h3-5,9H,6-8H2,1-2H3,(H,15,17)(H,18,19). The van der Waals surface area contributed by atoms with Crippen molar-refractivity contribution >= 4 is 29.3 Å². The van der Waals surface area contributed by atoms with Gasteiger partial charge in [-0.1, -0.05) is 13.0 Å². The molecule has 0 bridgehead atoms. The highest BCUT2D eigenvalue weighted by molar-refractivity contribution is 7.99. The summed E-state index contributed by atoms with van der Waals surface area (Å²) in [5, 5.41) is 22.2. The molecule has 0 fully saturated rings. The first-order chi connectivity index (χ1) is 10.8. The van der Waals surface area contributed by atoms with Gasteiger partial charge in [0.15, 0.2) is 5.75 Å². The number of carboxylic acid groups (broad SMARTS) is 1. The molecule has 8 nitrogen and oxygen atoms in total. The number of aliphatic carboxylic acids is 1. The Bertz CT molecular complexity index is 593. The van der Waals surface area contributed by atoms with Crippen molar-refractivity contribution in [1.29, 1.82) is 0 Å². The van der Waals surface area contributed by atoms with Crippen LogP contribution in [0.4, 0.5) is 5.69 Å². The lowest BCUT2D eigenvalue weighted by atomic mass is 10.2. The minimum atomic E-state index is -0.969. The molecule has 0 heterocycles. The van der Waals surface area contributed by atoms with Gasteiger partial charge in [-0.3, -0.25) is 19.7 Å². The first-order valence-electron chi connectivity index (χ1n) is 6.73. The molecule has 0 saturated carbocycles. The number of amides is 1. The molecule has 23 heavy (non-hydrogen) atoms. The highest BCUT2D eigenvalue weighted by Crippen LogP contribution is 2.28. The number of benzene rings is 1. The summed E-state index contributed by atoms with van der Waals surface area (Å²) >= 11 is 1.29. The lowest BCUT2D eigenvalue weighted by molar-refractivity contribution is -0.385. The van der Waals surface area contributed by atoms with Gasteiger partial charge in [-0.15, -0.1) is 11.8 Å². The topological polar surface area (TPSA) is 119 Å². The third-order valence-electron chi connectivity index (χ3n) is 2.97. The molecule has 0 aliphatic carbocycles. The van der Waals surface area contributed by atoms with Gasteiger partial charge in [0.05, 0.1) is 23.7 Å². The SMILES string of the molecule is COc1ccc(CSCC(=O)NCC(C)C(=O)O)cc1[N+](=O)[O-]. The van der Waals surface area contributed by atoms with Crippen molar-refractivity contribution in [2.45, 2.75) is 12.7 Å². The number of nitro groups is 1. The fourth-order valence-corrected chi connectivity index (χ4v) is 2.44. The third-order valence-corrected chi connectivity index (χ3v) is 3.97. The smallest absolute Gasteiger partial charge is 0.311 e. The van der Waals surface area contributed by atoms with Gasteiger partial charge in [-0.05, 0) is 11.6 Å². The van der Waals surface area contributed by atoms with Gasteiger partial charge in [0.25, 0.3) is 0 Å². The highest BCUT2D eigenvalue weighted by atomic mass is 32.2. The average Bonchev–Trinajstić information content (AvgIpc) is 2.52. The number of carbonyl (C=O) groups is 2. The monoisotopic (exact) mass is 342 g/mol. The third kappa shape index (κ3) is 6.15. The van der Waals surface area contributed by atoms with Crippen molar-refractivity contribution in [3.63, 3.8) is 0 Å². The second-order valence-corrected chi connectivity index (χ2v) is 5.79. The summed E-state index contributed by atoms with van der Waals surface area (Å²) < 4.78 is 4.92. The van der Waals surface area contributed by atoms with E-state index in [-0.39, 0.29) is 29.6 Å². The molecule has 126 valence electrons. The maximum absolute atomic E-state index is 11.6. The molecule has 9 heteroatoms. The molecular weight excluding hydrogens is 324 g/mol. The van der Waals surface area contributed by atoms with Gasteiger partial charge in [0, 0.05) is 18.4 Å². The van der Waals surface area contributed by atoms with Crippen LogP contribution < -0.4 is 10.1 Å². The van der Waals surface area contributed by atoms with Crippen LogP contribution >= 0.6 is 11.8 Å². The van der Waals surface area contributed by atoms with Gasteiger partial charge in [-0.2, -0.15) is 0 Å². The molecule has 1 aromatic rings. The zero-order valence-corrected chi connectivity index (χ0v) is 13.6. The Hall–Kier alpha value is -2.29. The Morgan fingerprint density at radius 3 is 2.74 bits per heavy atom. The van der Waals surface area contributed by atoms with Crippen molar-refractivity contribution in [2.24, 2.45) is 5.92 Å². The summed E-state index contributed by atoms with van der Waals surface area (Å²) in [5.41, 5.74) is 0.583. The molecule has 1 unspecified atom stereocenters. The van der Waals surface area contributed by atoms with Gasteiger partial charge < -0.3 is 15.2 Å². The minimum Gasteiger partial charge on any atom is -0.490 e. The second-order valence-electron chi connectivity index (χ2n) is 4.80. The lowest BCUT2D eigenvalue weighted by Gasteiger charge is -2.08. The number of nitrogens with one attached hydrogen (secondary N) is 1. The molecule has 1 atom stereocenters. The van der Waals surface area contributed by atoms with Crippen molar-refractivity contribution < 1.29 is 24.4 Å². The molecule has 1 amide bonds. The Labute approximate surface area is 137 Å². The van der Waals surface area contributed by atoms with E-state index in [2.05, 4.69) is 5.32 Å². The molecule has 1 rings (SSSR count). The van der Waals surface area contributed by atoms with Crippen LogP contribution in [0, 0.1) is 16.0 Å². The van der Waals surface area contributed by atoms with Crippen molar-refractivity contribution in [3.05, 3.63) is 33.9 Å². The van der Waals surface area contributed by atoms with E-state index in [1.807, 2.05) is 0 Å². The fourth-order valence-electron chi connectivity index (χ4n) is 1.63. The van der Waals surface area contributed by atoms with E-state index >= 15 is 0 Å². The van der Waals surface area contributed by atoms with Gasteiger partial charge in [-0.25, -0.2) is 0 Å². The van der Waals surface area contributed by atoms with E-state index in [1.165, 1.54) is 37.9 Å². The molecule has 0 aliphatic heterocycles. The van der Waals surface area contributed by atoms with Crippen LogP contribution in [-0.2, 0) is 15.3 Å². The highest BCUT2D eigenvalue weighted by Gasteiger charge is 2.15. The molecular formula is C14H18N2O6S. The summed E-state index contributed by atoms with van der Waals surface area (Å²) in [6.07, 6.45) is 0. The largest absolute Gasteiger partial charge is 0.490 e. The number of nitro benzene ring substituents is 1. The summed E-state index contributed by atoms with van der Waals surface area (Å²) in [7, 11) is 1.36.